The van der Waals surface area contributed by atoms with Crippen LogP contribution >= 0.6 is 0 Å². The Balaban J connectivity index is 1.13. The van der Waals surface area contributed by atoms with E-state index >= 15 is 0 Å². The molecule has 35 heavy (non-hydrogen) atoms. The third-order valence-corrected chi connectivity index (χ3v) is 10.2. The maximum Gasteiger partial charge on any atom is 0.281 e. The van der Waals surface area contributed by atoms with Gasteiger partial charge in [0.15, 0.2) is 0 Å². The van der Waals surface area contributed by atoms with Crippen molar-refractivity contribution in [2.75, 3.05) is 52.4 Å². The van der Waals surface area contributed by atoms with Crippen LogP contribution in [0.5, 0.6) is 0 Å². The van der Waals surface area contributed by atoms with E-state index in [0.717, 1.165) is 57.7 Å². The smallest absolute Gasteiger partial charge is 0.281 e. The van der Waals surface area contributed by atoms with Crippen molar-refractivity contribution in [1.29, 1.82) is 0 Å². The molecule has 1 aromatic rings. The lowest BCUT2D eigenvalue weighted by atomic mass is 9.90. The van der Waals surface area contributed by atoms with Crippen molar-refractivity contribution >= 4 is 16.1 Å². The van der Waals surface area contributed by atoms with Crippen molar-refractivity contribution in [2.45, 2.75) is 58.3 Å². The number of benzene rings is 1. The largest absolute Gasteiger partial charge is 0.356 e. The van der Waals surface area contributed by atoms with E-state index in [1.807, 2.05) is 0 Å². The summed E-state index contributed by atoms with van der Waals surface area (Å²) in [7, 11) is -3.46. The molecule has 8 heteroatoms. The Kier molecular flexibility index (Phi) is 9.61. The first-order valence-electron chi connectivity index (χ1n) is 13.7. The summed E-state index contributed by atoms with van der Waals surface area (Å²) in [5, 5.41) is 3.09. The van der Waals surface area contributed by atoms with E-state index in [4.69, 9.17) is 0 Å². The van der Waals surface area contributed by atoms with Crippen molar-refractivity contribution in [1.82, 2.24) is 18.8 Å². The van der Waals surface area contributed by atoms with Gasteiger partial charge < -0.3 is 10.2 Å². The Bertz CT molecular complexity index is 894. The number of likely N-dealkylation sites (tertiary alicyclic amines) is 1. The first-order chi connectivity index (χ1) is 16.9. The standard InChI is InChI=1S/C27H44N4O3S/c1-23-10-19-30(20-11-23)35(33,34)31-16-5-9-26(22-31)27(32)28-14-6-15-29-17-12-25(13-18-29)21-24-7-3-2-4-8-24/h2-4,7-8,23,25-26H,5-6,9-22H2,1H3,(H,28,32)/t26-/m0/s1. The van der Waals surface area contributed by atoms with Gasteiger partial charge in [0.2, 0.25) is 5.91 Å². The Morgan fingerprint density at radius 3 is 2.37 bits per heavy atom. The Morgan fingerprint density at radius 2 is 1.66 bits per heavy atom. The molecule has 1 amide bonds. The average molecular weight is 505 g/mol. The molecule has 0 aromatic heterocycles. The lowest BCUT2D eigenvalue weighted by Gasteiger charge is -2.37. The maximum absolute atomic E-state index is 13.1. The molecule has 0 aliphatic carbocycles. The quantitative estimate of drug-likeness (QED) is 0.525. The number of nitrogens with zero attached hydrogens (tertiary/aromatic N) is 3. The van der Waals surface area contributed by atoms with Crippen LogP contribution in [0.1, 0.15) is 57.4 Å². The van der Waals surface area contributed by atoms with Crippen LogP contribution in [0.2, 0.25) is 0 Å². The van der Waals surface area contributed by atoms with Crippen molar-refractivity contribution in [3.05, 3.63) is 35.9 Å². The molecule has 196 valence electrons. The van der Waals surface area contributed by atoms with Gasteiger partial charge in [0.25, 0.3) is 10.2 Å². The predicted octanol–water partition coefficient (Wildman–Crippen LogP) is 3.14. The number of hydrogen-bond donors (Lipinski definition) is 1. The SMILES string of the molecule is CC1CCN(S(=O)(=O)N2CCC[C@H](C(=O)NCCCN3CCC(Cc4ccccc4)CC3)C2)CC1. The summed E-state index contributed by atoms with van der Waals surface area (Å²) in [4.78, 5) is 15.3. The summed E-state index contributed by atoms with van der Waals surface area (Å²) >= 11 is 0. The highest BCUT2D eigenvalue weighted by Gasteiger charge is 2.36. The molecular weight excluding hydrogens is 460 g/mol. The van der Waals surface area contributed by atoms with Gasteiger partial charge in [0.1, 0.15) is 0 Å². The number of amides is 1. The molecule has 0 unspecified atom stereocenters. The van der Waals surface area contributed by atoms with Crippen LogP contribution in [0, 0.1) is 17.8 Å². The lowest BCUT2D eigenvalue weighted by Crippen LogP contribution is -2.52. The minimum Gasteiger partial charge on any atom is -0.356 e. The molecule has 0 radical (unpaired) electrons. The molecule has 0 bridgehead atoms. The number of carbonyl (C=O) groups is 1. The van der Waals surface area contributed by atoms with E-state index in [2.05, 4.69) is 47.5 Å². The van der Waals surface area contributed by atoms with E-state index < -0.39 is 10.2 Å². The Labute approximate surface area is 212 Å². The fraction of sp³-hybridized carbons (Fsp3) is 0.741. The number of hydrogen-bond acceptors (Lipinski definition) is 4. The van der Waals surface area contributed by atoms with Crippen LogP contribution in [-0.2, 0) is 21.4 Å². The van der Waals surface area contributed by atoms with Crippen molar-refractivity contribution in [2.24, 2.45) is 17.8 Å². The molecule has 7 nitrogen and oxygen atoms in total. The molecule has 3 heterocycles. The molecule has 0 saturated carbocycles. The average Bonchev–Trinajstić information content (AvgIpc) is 2.88. The number of rotatable bonds is 9. The summed E-state index contributed by atoms with van der Waals surface area (Å²) in [5.74, 6) is 1.13. The van der Waals surface area contributed by atoms with Crippen molar-refractivity contribution in [3.63, 3.8) is 0 Å². The maximum atomic E-state index is 13.1. The number of carbonyl (C=O) groups excluding carboxylic acids is 1. The van der Waals surface area contributed by atoms with Crippen LogP contribution < -0.4 is 5.32 Å². The summed E-state index contributed by atoms with van der Waals surface area (Å²) in [6.45, 7) is 8.16. The predicted molar refractivity (Wildman–Crippen MR) is 140 cm³/mol. The second kappa shape index (κ2) is 12.7. The van der Waals surface area contributed by atoms with Crippen LogP contribution in [0.15, 0.2) is 30.3 Å². The van der Waals surface area contributed by atoms with Gasteiger partial charge in [-0.25, -0.2) is 0 Å². The van der Waals surface area contributed by atoms with Gasteiger partial charge in [0, 0.05) is 32.7 Å². The molecule has 1 aromatic carbocycles. The topological polar surface area (TPSA) is 73.0 Å². The van der Waals surface area contributed by atoms with Gasteiger partial charge in [-0.15, -0.1) is 0 Å². The van der Waals surface area contributed by atoms with Crippen LogP contribution in [-0.4, -0.2) is 80.2 Å². The minimum atomic E-state index is -3.46. The summed E-state index contributed by atoms with van der Waals surface area (Å²) in [5.41, 5.74) is 1.44. The zero-order valence-corrected chi connectivity index (χ0v) is 22.2. The molecule has 3 saturated heterocycles. The highest BCUT2D eigenvalue weighted by molar-refractivity contribution is 7.86. The van der Waals surface area contributed by atoms with E-state index in [-0.39, 0.29) is 11.8 Å². The molecular formula is C27H44N4O3S. The third kappa shape index (κ3) is 7.51. The van der Waals surface area contributed by atoms with Crippen molar-refractivity contribution in [3.8, 4) is 0 Å². The van der Waals surface area contributed by atoms with E-state index in [9.17, 15) is 13.2 Å². The van der Waals surface area contributed by atoms with E-state index in [1.54, 1.807) is 8.61 Å². The van der Waals surface area contributed by atoms with Crippen LogP contribution in [0.3, 0.4) is 0 Å². The molecule has 4 rings (SSSR count). The summed E-state index contributed by atoms with van der Waals surface area (Å²) < 4.78 is 29.4. The number of nitrogens with one attached hydrogen (secondary N) is 1. The van der Waals surface area contributed by atoms with Gasteiger partial charge in [-0.05, 0) is 88.4 Å². The van der Waals surface area contributed by atoms with Gasteiger partial charge in [0.05, 0.1) is 5.92 Å². The summed E-state index contributed by atoms with van der Waals surface area (Å²) in [6.07, 6.45) is 7.95. The molecule has 1 atom stereocenters. The second-order valence-electron chi connectivity index (χ2n) is 10.9. The Morgan fingerprint density at radius 1 is 0.943 bits per heavy atom. The van der Waals surface area contributed by atoms with Crippen LogP contribution in [0.4, 0.5) is 0 Å². The van der Waals surface area contributed by atoms with Gasteiger partial charge in [-0.1, -0.05) is 37.3 Å². The normalized spacial score (nSPS) is 24.4. The highest BCUT2D eigenvalue weighted by Crippen LogP contribution is 2.25. The molecule has 3 aliphatic heterocycles. The number of piperidine rings is 3. The van der Waals surface area contributed by atoms with Crippen LogP contribution in [0.25, 0.3) is 0 Å². The van der Waals surface area contributed by atoms with Gasteiger partial charge in [-0.2, -0.15) is 17.0 Å². The van der Waals surface area contributed by atoms with E-state index in [0.29, 0.717) is 38.6 Å². The Hall–Kier alpha value is -1.48. The van der Waals surface area contributed by atoms with Crippen molar-refractivity contribution < 1.29 is 13.2 Å². The third-order valence-electron chi connectivity index (χ3n) is 8.17. The highest BCUT2D eigenvalue weighted by atomic mass is 32.2. The minimum absolute atomic E-state index is 0.0127. The first-order valence-corrected chi connectivity index (χ1v) is 15.1. The molecule has 0 spiro atoms. The van der Waals surface area contributed by atoms with E-state index in [1.165, 1.54) is 24.8 Å². The lowest BCUT2D eigenvalue weighted by molar-refractivity contribution is -0.126. The molecule has 1 N–H and O–H groups in total. The van der Waals surface area contributed by atoms with Gasteiger partial charge in [-0.3, -0.25) is 4.79 Å². The summed E-state index contributed by atoms with van der Waals surface area (Å²) in [6, 6.07) is 10.8. The monoisotopic (exact) mass is 504 g/mol. The first kappa shape index (κ1) is 26.6. The zero-order chi connectivity index (χ0) is 24.7. The fourth-order valence-electron chi connectivity index (χ4n) is 5.77. The molecule has 3 fully saturated rings. The second-order valence-corrected chi connectivity index (χ2v) is 12.8. The zero-order valence-electron chi connectivity index (χ0n) is 21.4. The fourth-order valence-corrected chi connectivity index (χ4v) is 7.49. The van der Waals surface area contributed by atoms with Gasteiger partial charge >= 0.3 is 0 Å². The molecule has 3 aliphatic rings.